The number of nitrogens with one attached hydrogen (secondary N) is 1. The number of hydrogen-bond acceptors (Lipinski definition) is 3. The van der Waals surface area contributed by atoms with Crippen LogP contribution < -0.4 is 5.32 Å². The summed E-state index contributed by atoms with van der Waals surface area (Å²) in [6.45, 7) is 0. The third-order valence-electron chi connectivity index (χ3n) is 3.14. The van der Waals surface area contributed by atoms with Crippen molar-refractivity contribution in [2.45, 2.75) is 42.4 Å². The molecule has 18 heavy (non-hydrogen) atoms. The molecule has 1 fully saturated rings. The summed E-state index contributed by atoms with van der Waals surface area (Å²) in [6.07, 6.45) is 4.57. The summed E-state index contributed by atoms with van der Waals surface area (Å²) in [4.78, 5) is -0.338. The molecule has 0 amide bonds. The normalized spacial score (nSPS) is 17.3. The molecule has 0 spiro atoms. The Morgan fingerprint density at radius 1 is 1.11 bits per heavy atom. The average Bonchev–Trinajstić information content (AvgIpc) is 2.82. The molecule has 6 heteroatoms. The molecule has 1 aromatic carbocycles. The largest absolute Gasteiger partial charge is 0.382 e. The van der Waals surface area contributed by atoms with Crippen LogP contribution >= 0.6 is 0 Å². The van der Waals surface area contributed by atoms with Crippen molar-refractivity contribution in [2.75, 3.05) is 5.32 Å². The van der Waals surface area contributed by atoms with Crippen LogP contribution in [0.1, 0.15) is 25.7 Å². The predicted octanol–water partition coefficient (Wildman–Crippen LogP) is 3.04. The van der Waals surface area contributed by atoms with Crippen molar-refractivity contribution < 1.29 is 17.2 Å². The Balaban J connectivity index is 2.10. The monoisotopic (exact) mass is 275 g/mol. The molecule has 1 aromatic rings. The molecule has 100 valence electrons. The maximum absolute atomic E-state index is 12.3. The predicted molar refractivity (Wildman–Crippen MR) is 65.5 cm³/mol. The third-order valence-corrected chi connectivity index (χ3v) is 4.54. The van der Waals surface area contributed by atoms with Crippen LogP contribution in [0.4, 0.5) is 14.5 Å². The van der Waals surface area contributed by atoms with Gasteiger partial charge in [0.2, 0.25) is 9.84 Å². The van der Waals surface area contributed by atoms with Gasteiger partial charge in [-0.05, 0) is 37.1 Å². The van der Waals surface area contributed by atoms with Gasteiger partial charge in [0.05, 0.1) is 4.90 Å². The summed E-state index contributed by atoms with van der Waals surface area (Å²) in [7, 11) is -4.48. The van der Waals surface area contributed by atoms with Crippen molar-refractivity contribution in [3.05, 3.63) is 24.3 Å². The van der Waals surface area contributed by atoms with E-state index in [1.807, 2.05) is 0 Å². The molecule has 1 saturated carbocycles. The first-order chi connectivity index (χ1) is 8.50. The van der Waals surface area contributed by atoms with Crippen molar-refractivity contribution in [2.24, 2.45) is 0 Å². The number of hydrogen-bond donors (Lipinski definition) is 1. The van der Waals surface area contributed by atoms with E-state index >= 15 is 0 Å². The van der Waals surface area contributed by atoms with E-state index < -0.39 is 15.6 Å². The molecule has 3 nitrogen and oxygen atoms in total. The highest BCUT2D eigenvalue weighted by Crippen LogP contribution is 2.24. The molecule has 1 aliphatic rings. The molecule has 0 bridgehead atoms. The van der Waals surface area contributed by atoms with Crippen molar-refractivity contribution in [3.63, 3.8) is 0 Å². The first-order valence-corrected chi connectivity index (χ1v) is 7.43. The first kappa shape index (κ1) is 13.3. The zero-order chi connectivity index (χ0) is 13.2. The second kappa shape index (κ2) is 5.22. The van der Waals surface area contributed by atoms with Crippen LogP contribution in [0, 0.1) is 0 Å². The van der Waals surface area contributed by atoms with Gasteiger partial charge in [-0.1, -0.05) is 12.8 Å². The molecule has 0 unspecified atom stereocenters. The SMILES string of the molecule is O=S(=O)(c1ccc(NC2CCCC2)cc1)C(F)F. The molecule has 1 N–H and O–H groups in total. The summed E-state index contributed by atoms with van der Waals surface area (Å²) in [5.41, 5.74) is 0.773. The Morgan fingerprint density at radius 2 is 1.67 bits per heavy atom. The Kier molecular flexibility index (Phi) is 3.85. The van der Waals surface area contributed by atoms with E-state index in [-0.39, 0.29) is 4.90 Å². The number of alkyl halides is 2. The van der Waals surface area contributed by atoms with E-state index in [0.29, 0.717) is 6.04 Å². The topological polar surface area (TPSA) is 46.2 Å². The van der Waals surface area contributed by atoms with E-state index in [9.17, 15) is 17.2 Å². The Morgan fingerprint density at radius 3 is 2.17 bits per heavy atom. The zero-order valence-electron chi connectivity index (χ0n) is 9.77. The molecular weight excluding hydrogens is 260 g/mol. The van der Waals surface area contributed by atoms with Crippen LogP contribution in [0.15, 0.2) is 29.2 Å². The molecule has 0 heterocycles. The standard InChI is InChI=1S/C12H15F2NO2S/c13-12(14)18(16,17)11-7-5-10(6-8-11)15-9-3-1-2-4-9/h5-9,12,15H,1-4H2. The molecule has 0 saturated heterocycles. The van der Waals surface area contributed by atoms with Gasteiger partial charge in [-0.25, -0.2) is 8.42 Å². The lowest BCUT2D eigenvalue weighted by molar-refractivity contribution is 0.234. The highest BCUT2D eigenvalue weighted by molar-refractivity contribution is 7.91. The number of rotatable bonds is 4. The maximum Gasteiger partial charge on any atom is 0.341 e. The highest BCUT2D eigenvalue weighted by atomic mass is 32.2. The molecule has 2 rings (SSSR count). The van der Waals surface area contributed by atoms with Gasteiger partial charge >= 0.3 is 5.76 Å². The van der Waals surface area contributed by atoms with Crippen LogP contribution in [0.25, 0.3) is 0 Å². The maximum atomic E-state index is 12.3. The smallest absolute Gasteiger partial charge is 0.341 e. The number of benzene rings is 1. The minimum atomic E-state index is -4.48. The van der Waals surface area contributed by atoms with Crippen LogP contribution in [-0.2, 0) is 9.84 Å². The Bertz CT molecular complexity index is 493. The summed E-state index contributed by atoms with van der Waals surface area (Å²) in [6, 6.07) is 5.92. The fourth-order valence-corrected chi connectivity index (χ4v) is 2.87. The Labute approximate surface area is 105 Å². The summed E-state index contributed by atoms with van der Waals surface area (Å²) >= 11 is 0. The van der Waals surface area contributed by atoms with Crippen molar-refractivity contribution >= 4 is 15.5 Å². The average molecular weight is 275 g/mol. The lowest BCUT2D eigenvalue weighted by Crippen LogP contribution is -2.15. The third kappa shape index (κ3) is 2.80. The van der Waals surface area contributed by atoms with Crippen LogP contribution in [-0.4, -0.2) is 20.2 Å². The summed E-state index contributed by atoms with van der Waals surface area (Å²) < 4.78 is 47.1. The summed E-state index contributed by atoms with van der Waals surface area (Å²) in [5.74, 6) is -3.37. The first-order valence-electron chi connectivity index (χ1n) is 5.89. The number of halogens is 2. The van der Waals surface area contributed by atoms with E-state index in [2.05, 4.69) is 5.32 Å². The lowest BCUT2D eigenvalue weighted by Gasteiger charge is -2.13. The van der Waals surface area contributed by atoms with Gasteiger partial charge in [0.15, 0.2) is 0 Å². The zero-order valence-corrected chi connectivity index (χ0v) is 10.6. The van der Waals surface area contributed by atoms with Gasteiger partial charge in [-0.3, -0.25) is 0 Å². The second-order valence-corrected chi connectivity index (χ2v) is 6.37. The van der Waals surface area contributed by atoms with E-state index in [4.69, 9.17) is 0 Å². The van der Waals surface area contributed by atoms with Gasteiger partial charge < -0.3 is 5.32 Å². The van der Waals surface area contributed by atoms with Gasteiger partial charge in [0.25, 0.3) is 0 Å². The molecule has 0 atom stereocenters. The summed E-state index contributed by atoms with van der Waals surface area (Å²) in [5, 5.41) is 3.27. The van der Waals surface area contributed by atoms with Crippen LogP contribution in [0.3, 0.4) is 0 Å². The fourth-order valence-electron chi connectivity index (χ4n) is 2.15. The van der Waals surface area contributed by atoms with Crippen molar-refractivity contribution in [3.8, 4) is 0 Å². The van der Waals surface area contributed by atoms with E-state index in [1.54, 1.807) is 0 Å². The molecule has 0 aromatic heterocycles. The van der Waals surface area contributed by atoms with E-state index in [1.165, 1.54) is 37.1 Å². The second-order valence-electron chi connectivity index (χ2n) is 4.46. The highest BCUT2D eigenvalue weighted by Gasteiger charge is 2.26. The van der Waals surface area contributed by atoms with Gasteiger partial charge in [-0.15, -0.1) is 0 Å². The quantitative estimate of drug-likeness (QED) is 0.918. The van der Waals surface area contributed by atoms with Crippen LogP contribution in [0.2, 0.25) is 0 Å². The van der Waals surface area contributed by atoms with E-state index in [0.717, 1.165) is 18.5 Å². The lowest BCUT2D eigenvalue weighted by atomic mass is 10.2. The molecule has 1 aliphatic carbocycles. The molecule has 0 radical (unpaired) electrons. The van der Waals surface area contributed by atoms with Crippen molar-refractivity contribution in [1.82, 2.24) is 0 Å². The minimum Gasteiger partial charge on any atom is -0.382 e. The minimum absolute atomic E-state index is 0.338. The fraction of sp³-hybridized carbons (Fsp3) is 0.500. The van der Waals surface area contributed by atoms with Gasteiger partial charge in [0, 0.05) is 11.7 Å². The Hall–Kier alpha value is -1.17. The number of anilines is 1. The molecular formula is C12H15F2NO2S. The van der Waals surface area contributed by atoms with Gasteiger partial charge in [0.1, 0.15) is 0 Å². The number of sulfone groups is 1. The molecule has 0 aliphatic heterocycles. The van der Waals surface area contributed by atoms with Gasteiger partial charge in [-0.2, -0.15) is 8.78 Å². The van der Waals surface area contributed by atoms with Crippen molar-refractivity contribution in [1.29, 1.82) is 0 Å². The van der Waals surface area contributed by atoms with Crippen LogP contribution in [0.5, 0.6) is 0 Å².